The first kappa shape index (κ1) is 24.2. The van der Waals surface area contributed by atoms with E-state index in [4.69, 9.17) is 16.3 Å². The zero-order chi connectivity index (χ0) is 25.7. The number of methoxy groups -OCH3 is 1. The second kappa shape index (κ2) is 9.20. The van der Waals surface area contributed by atoms with Crippen molar-refractivity contribution in [2.75, 3.05) is 25.6 Å². The van der Waals surface area contributed by atoms with Gasteiger partial charge in [0.15, 0.2) is 5.82 Å². The molecular weight excluding hydrogens is 485 g/mol. The van der Waals surface area contributed by atoms with Gasteiger partial charge in [-0.3, -0.25) is 9.78 Å². The smallest absolute Gasteiger partial charge is 0.318 e. The molecule has 1 aromatic carbocycles. The summed E-state index contributed by atoms with van der Waals surface area (Å²) in [5, 5.41) is 11.0. The third-order valence-electron chi connectivity index (χ3n) is 7.18. The van der Waals surface area contributed by atoms with Crippen molar-refractivity contribution in [3.8, 4) is 23.0 Å². The molecule has 188 valence electrons. The van der Waals surface area contributed by atoms with Crippen molar-refractivity contribution in [2.45, 2.75) is 44.2 Å². The van der Waals surface area contributed by atoms with Crippen molar-refractivity contribution >= 4 is 34.2 Å². The Bertz CT molecular complexity index is 1380. The average molecular weight is 512 g/mol. The summed E-state index contributed by atoms with van der Waals surface area (Å²) in [6.45, 7) is 6.14. The lowest BCUT2D eigenvalue weighted by molar-refractivity contribution is -0.126. The third kappa shape index (κ3) is 4.01. The Labute approximate surface area is 213 Å². The van der Waals surface area contributed by atoms with Crippen LogP contribution in [0.3, 0.4) is 0 Å². The Balaban J connectivity index is 1.63. The van der Waals surface area contributed by atoms with E-state index in [9.17, 15) is 9.90 Å². The van der Waals surface area contributed by atoms with E-state index in [-0.39, 0.29) is 46.9 Å². The van der Waals surface area contributed by atoms with Crippen LogP contribution in [-0.4, -0.2) is 63.7 Å². The van der Waals surface area contributed by atoms with Crippen LogP contribution in [0.2, 0.25) is 5.02 Å². The molecule has 0 bridgehead atoms. The van der Waals surface area contributed by atoms with Gasteiger partial charge in [-0.1, -0.05) is 18.2 Å². The predicted molar refractivity (Wildman–Crippen MR) is 136 cm³/mol. The lowest BCUT2D eigenvalue weighted by atomic mass is 9.98. The van der Waals surface area contributed by atoms with Crippen LogP contribution in [0.1, 0.15) is 37.7 Å². The van der Waals surface area contributed by atoms with Crippen LogP contribution in [0.15, 0.2) is 31.0 Å². The van der Waals surface area contributed by atoms with Crippen molar-refractivity contribution in [2.24, 2.45) is 0 Å². The standard InChI is InChI=1S/C26H27ClFN5O3/c1-5-20(35)33-9-8-19(13(33)2)32(3)25-17-12-29-23(22(28)24(17)30-26(31-25)36-4)16-10-15(34)11-18(27)21(16)14-6-7-14/h5,10-14,19,34H,1,6-9H2,2-4H3/t13-,19-/m1/s1. The minimum absolute atomic E-state index is 0.0152. The summed E-state index contributed by atoms with van der Waals surface area (Å²) in [7, 11) is 3.28. The first-order valence-electron chi connectivity index (χ1n) is 11.8. The van der Waals surface area contributed by atoms with Crippen LogP contribution >= 0.6 is 11.6 Å². The van der Waals surface area contributed by atoms with Gasteiger partial charge in [-0.25, -0.2) is 4.39 Å². The normalized spacial score (nSPS) is 19.5. The highest BCUT2D eigenvalue weighted by Crippen LogP contribution is 2.49. The molecule has 1 aliphatic heterocycles. The number of hydrogen-bond donors (Lipinski definition) is 1. The summed E-state index contributed by atoms with van der Waals surface area (Å²) in [6.07, 6.45) is 5.46. The highest BCUT2D eigenvalue weighted by atomic mass is 35.5. The van der Waals surface area contributed by atoms with Gasteiger partial charge in [-0.2, -0.15) is 9.97 Å². The highest BCUT2D eigenvalue weighted by Gasteiger charge is 2.37. The number of likely N-dealkylation sites (tertiary alicyclic amines) is 1. The van der Waals surface area contributed by atoms with Crippen molar-refractivity contribution in [1.29, 1.82) is 0 Å². The second-order valence-electron chi connectivity index (χ2n) is 9.32. The van der Waals surface area contributed by atoms with E-state index in [1.807, 2.05) is 18.9 Å². The fraction of sp³-hybridized carbons (Fsp3) is 0.385. The summed E-state index contributed by atoms with van der Waals surface area (Å²) in [5.41, 5.74) is 1.36. The molecule has 0 spiro atoms. The van der Waals surface area contributed by atoms with E-state index < -0.39 is 5.82 Å². The summed E-state index contributed by atoms with van der Waals surface area (Å²) in [5.74, 6) is -0.172. The lowest BCUT2D eigenvalue weighted by Crippen LogP contribution is -2.43. The maximum atomic E-state index is 16.1. The quantitative estimate of drug-likeness (QED) is 0.480. The number of pyridine rings is 1. The number of rotatable bonds is 6. The number of carbonyl (C=O) groups excluding carboxylic acids is 1. The number of aromatic hydroxyl groups is 1. The van der Waals surface area contributed by atoms with Gasteiger partial charge in [0.2, 0.25) is 5.91 Å². The lowest BCUT2D eigenvalue weighted by Gasteiger charge is -2.31. The zero-order valence-electron chi connectivity index (χ0n) is 20.3. The van der Waals surface area contributed by atoms with Gasteiger partial charge < -0.3 is 19.6 Å². The number of carbonyl (C=O) groups is 1. The summed E-state index contributed by atoms with van der Waals surface area (Å²) in [4.78, 5) is 29.2. The molecule has 2 aliphatic rings. The second-order valence-corrected chi connectivity index (χ2v) is 9.73. The molecular formula is C26H27ClFN5O3. The van der Waals surface area contributed by atoms with Crippen LogP contribution in [-0.2, 0) is 4.79 Å². The van der Waals surface area contributed by atoms with E-state index in [0.717, 1.165) is 18.4 Å². The van der Waals surface area contributed by atoms with Crippen molar-refractivity contribution in [3.05, 3.63) is 47.4 Å². The summed E-state index contributed by atoms with van der Waals surface area (Å²) >= 11 is 6.44. The molecule has 3 heterocycles. The number of benzene rings is 1. The molecule has 0 unspecified atom stereocenters. The number of phenols is 1. The van der Waals surface area contributed by atoms with Gasteiger partial charge in [-0.15, -0.1) is 0 Å². The minimum Gasteiger partial charge on any atom is -0.508 e. The number of nitrogens with zero attached hydrogens (tertiary/aromatic N) is 5. The molecule has 2 atom stereocenters. The summed E-state index contributed by atoms with van der Waals surface area (Å²) < 4.78 is 21.4. The maximum absolute atomic E-state index is 16.1. The molecule has 1 aliphatic carbocycles. The largest absolute Gasteiger partial charge is 0.508 e. The number of fused-ring (bicyclic) bond motifs is 1. The molecule has 10 heteroatoms. The van der Waals surface area contributed by atoms with Crippen LogP contribution in [0.5, 0.6) is 11.8 Å². The molecule has 2 fully saturated rings. The molecule has 1 amide bonds. The van der Waals surface area contributed by atoms with Crippen LogP contribution in [0.4, 0.5) is 10.2 Å². The first-order valence-corrected chi connectivity index (χ1v) is 12.2. The molecule has 1 saturated heterocycles. The van der Waals surface area contributed by atoms with E-state index in [2.05, 4.69) is 21.5 Å². The van der Waals surface area contributed by atoms with Crippen molar-refractivity contribution in [3.63, 3.8) is 0 Å². The zero-order valence-corrected chi connectivity index (χ0v) is 21.1. The van der Waals surface area contributed by atoms with Crippen LogP contribution in [0.25, 0.3) is 22.2 Å². The number of halogens is 2. The van der Waals surface area contributed by atoms with E-state index >= 15 is 4.39 Å². The Morgan fingerprint density at radius 3 is 2.75 bits per heavy atom. The topological polar surface area (TPSA) is 91.7 Å². The highest BCUT2D eigenvalue weighted by molar-refractivity contribution is 6.32. The number of anilines is 1. The molecule has 1 saturated carbocycles. The fourth-order valence-corrected chi connectivity index (χ4v) is 5.55. The Morgan fingerprint density at radius 1 is 1.33 bits per heavy atom. The summed E-state index contributed by atoms with van der Waals surface area (Å²) in [6, 6.07) is 2.81. The fourth-order valence-electron chi connectivity index (χ4n) is 5.18. The number of amides is 1. The van der Waals surface area contributed by atoms with Gasteiger partial charge in [0, 0.05) is 36.4 Å². The average Bonchev–Trinajstić information content (AvgIpc) is 3.62. The first-order chi connectivity index (χ1) is 17.2. The van der Waals surface area contributed by atoms with Crippen molar-refractivity contribution in [1.82, 2.24) is 19.9 Å². The number of likely N-dealkylation sites (N-methyl/N-ethyl adjacent to an activating group) is 1. The van der Waals surface area contributed by atoms with E-state index in [1.165, 1.54) is 25.3 Å². The number of phenolic OH excluding ortho intramolecular Hbond substituents is 1. The van der Waals surface area contributed by atoms with Crippen LogP contribution < -0.4 is 9.64 Å². The molecule has 0 radical (unpaired) electrons. The molecule has 2 aromatic heterocycles. The number of hydrogen-bond acceptors (Lipinski definition) is 7. The Morgan fingerprint density at radius 2 is 2.08 bits per heavy atom. The molecule has 1 N–H and O–H groups in total. The van der Waals surface area contributed by atoms with Gasteiger partial charge >= 0.3 is 6.01 Å². The maximum Gasteiger partial charge on any atom is 0.318 e. The molecule has 5 rings (SSSR count). The minimum atomic E-state index is -0.644. The molecule has 36 heavy (non-hydrogen) atoms. The predicted octanol–water partition coefficient (Wildman–Crippen LogP) is 4.69. The van der Waals surface area contributed by atoms with E-state index in [1.54, 1.807) is 11.1 Å². The Hall–Kier alpha value is -3.46. The van der Waals surface area contributed by atoms with Crippen molar-refractivity contribution < 1.29 is 19.0 Å². The van der Waals surface area contributed by atoms with Gasteiger partial charge in [0.1, 0.15) is 22.8 Å². The van der Waals surface area contributed by atoms with Gasteiger partial charge in [0.05, 0.1) is 18.5 Å². The van der Waals surface area contributed by atoms with Gasteiger partial charge in [0.25, 0.3) is 0 Å². The third-order valence-corrected chi connectivity index (χ3v) is 7.50. The molecule has 8 nitrogen and oxygen atoms in total. The van der Waals surface area contributed by atoms with Gasteiger partial charge in [-0.05, 0) is 55.9 Å². The van der Waals surface area contributed by atoms with E-state index in [0.29, 0.717) is 34.8 Å². The van der Waals surface area contributed by atoms with Crippen LogP contribution in [0, 0.1) is 5.82 Å². The number of aromatic nitrogens is 3. The SMILES string of the molecule is C=CC(=O)N1CC[C@@H](N(C)c2nc(OC)nc3c(F)c(-c4cc(O)cc(Cl)c4C4CC4)ncc23)[C@H]1C. The Kier molecular flexibility index (Phi) is 6.20. The molecule has 3 aromatic rings. The number of ether oxygens (including phenoxy) is 1. The monoisotopic (exact) mass is 511 g/mol.